The zero-order valence-corrected chi connectivity index (χ0v) is 18.9. The van der Waals surface area contributed by atoms with E-state index < -0.39 is 11.6 Å². The first kappa shape index (κ1) is 22.1. The van der Waals surface area contributed by atoms with Crippen molar-refractivity contribution in [2.75, 3.05) is 26.6 Å². The van der Waals surface area contributed by atoms with Crippen LogP contribution < -0.4 is 14.2 Å². The summed E-state index contributed by atoms with van der Waals surface area (Å²) in [6.45, 7) is 2.44. The number of hydrogen-bond donors (Lipinski definition) is 1. The summed E-state index contributed by atoms with van der Waals surface area (Å²) in [6, 6.07) is 14.7. The van der Waals surface area contributed by atoms with Crippen LogP contribution in [0.25, 0.3) is 0 Å². The van der Waals surface area contributed by atoms with E-state index in [0.29, 0.717) is 40.0 Å². The van der Waals surface area contributed by atoms with Crippen LogP contribution in [0.4, 0.5) is 0 Å². The van der Waals surface area contributed by atoms with E-state index in [-0.39, 0.29) is 18.1 Å². The van der Waals surface area contributed by atoms with Gasteiger partial charge in [0, 0.05) is 17.9 Å². The lowest BCUT2D eigenvalue weighted by Gasteiger charge is -2.38. The third kappa shape index (κ3) is 3.57. The minimum Gasteiger partial charge on any atom is -0.494 e. The average molecular weight is 453 g/mol. The normalized spacial score (nSPS) is 22.4. The molecule has 2 aromatic rings. The molecule has 0 radical (unpaired) electrons. The second kappa shape index (κ2) is 8.77. The first-order chi connectivity index (χ1) is 15.5. The summed E-state index contributed by atoms with van der Waals surface area (Å²) in [4.78, 5) is 14.7. The molecule has 2 aliphatic rings. The summed E-state index contributed by atoms with van der Waals surface area (Å²) >= 11 is 1.32. The van der Waals surface area contributed by atoms with Crippen LogP contribution in [0.5, 0.6) is 17.2 Å². The van der Waals surface area contributed by atoms with Crippen molar-refractivity contribution in [1.29, 1.82) is 5.26 Å². The van der Waals surface area contributed by atoms with Crippen LogP contribution in [0.2, 0.25) is 0 Å². The average Bonchev–Trinajstić information content (AvgIpc) is 3.18. The number of fused-ring (bicyclic) bond motifs is 1. The minimum atomic E-state index is -1.52. The van der Waals surface area contributed by atoms with E-state index in [0.717, 1.165) is 5.56 Å². The molecule has 0 aromatic heterocycles. The molecule has 2 aliphatic heterocycles. The largest absolute Gasteiger partial charge is 0.494 e. The Morgan fingerprint density at radius 1 is 1.19 bits per heavy atom. The Morgan fingerprint density at radius 3 is 2.53 bits per heavy atom. The maximum atomic E-state index is 13.3. The van der Waals surface area contributed by atoms with Crippen LogP contribution in [0.1, 0.15) is 30.4 Å². The number of methoxy groups -OCH3 is 2. The fourth-order valence-electron chi connectivity index (χ4n) is 4.18. The predicted octanol–water partition coefficient (Wildman–Crippen LogP) is 3.75. The van der Waals surface area contributed by atoms with Crippen LogP contribution in [-0.2, 0) is 10.5 Å². The lowest BCUT2D eigenvalue weighted by molar-refractivity contribution is -0.149. The maximum Gasteiger partial charge on any atom is 0.231 e. The van der Waals surface area contributed by atoms with Gasteiger partial charge in [0.25, 0.3) is 0 Å². The van der Waals surface area contributed by atoms with Crippen molar-refractivity contribution in [2.45, 2.75) is 25.0 Å². The topological polar surface area (TPSA) is 92.0 Å². The highest BCUT2D eigenvalue weighted by Gasteiger charge is 2.51. The van der Waals surface area contributed by atoms with Gasteiger partial charge in [0.15, 0.2) is 17.2 Å². The van der Waals surface area contributed by atoms with E-state index in [2.05, 4.69) is 6.07 Å². The highest BCUT2D eigenvalue weighted by atomic mass is 32.2. The summed E-state index contributed by atoms with van der Waals surface area (Å²) in [7, 11) is 3.10. The molecule has 0 saturated carbocycles. The van der Waals surface area contributed by atoms with Crippen LogP contribution in [0, 0.1) is 11.3 Å². The van der Waals surface area contributed by atoms with Crippen molar-refractivity contribution >= 4 is 17.7 Å². The quantitative estimate of drug-likeness (QED) is 0.714. The van der Waals surface area contributed by atoms with Gasteiger partial charge in [-0.15, -0.1) is 11.8 Å². The molecule has 166 valence electrons. The van der Waals surface area contributed by atoms with Crippen molar-refractivity contribution in [3.8, 4) is 23.3 Å². The Bertz CT molecular complexity index is 1110. The second-order valence-electron chi connectivity index (χ2n) is 7.49. The Hall–Kier alpha value is -3.15. The Labute approximate surface area is 191 Å². The number of thioether (sulfide) groups is 1. The van der Waals surface area contributed by atoms with Gasteiger partial charge in [-0.2, -0.15) is 5.26 Å². The summed E-state index contributed by atoms with van der Waals surface area (Å²) in [5.74, 6) is 1.39. The number of carbonyl (C=O) groups is 1. The second-order valence-corrected chi connectivity index (χ2v) is 8.46. The third-order valence-corrected chi connectivity index (χ3v) is 6.97. The van der Waals surface area contributed by atoms with E-state index in [1.54, 1.807) is 50.6 Å². The number of allylic oxidation sites excluding steroid dienone is 1. The summed E-state index contributed by atoms with van der Waals surface area (Å²) in [6.07, 6.45) is 0.0712. The fraction of sp³-hybridized carbons (Fsp3) is 0.333. The fourth-order valence-corrected chi connectivity index (χ4v) is 5.54. The number of nitriles is 1. The van der Waals surface area contributed by atoms with Gasteiger partial charge >= 0.3 is 0 Å². The van der Waals surface area contributed by atoms with E-state index in [4.69, 9.17) is 14.2 Å². The lowest BCUT2D eigenvalue weighted by atomic mass is 9.85. The highest BCUT2D eigenvalue weighted by molar-refractivity contribution is 8.03. The van der Waals surface area contributed by atoms with Gasteiger partial charge in [0.1, 0.15) is 5.75 Å². The standard InChI is InChI=1S/C24H24N2O5S/c1-4-31-17-8-6-16(7-9-17)24(28)14-32-23-19(13-25)18(12-22(27)26(23)24)15-5-10-20(29-2)21(11-15)30-3/h5-11,18,28H,4,12,14H2,1-3H3. The molecule has 4 rings (SSSR count). The zero-order valence-electron chi connectivity index (χ0n) is 18.1. The Kier molecular flexibility index (Phi) is 6.04. The SMILES string of the molecule is CCOc1ccc(C2(O)CSC3=C(C#N)C(c4ccc(OC)c(OC)c4)CC(=O)N32)cc1. The molecule has 32 heavy (non-hydrogen) atoms. The number of ether oxygens (including phenoxy) is 3. The van der Waals surface area contributed by atoms with Gasteiger partial charge in [-0.1, -0.05) is 18.2 Å². The first-order valence-corrected chi connectivity index (χ1v) is 11.2. The minimum absolute atomic E-state index is 0.0712. The van der Waals surface area contributed by atoms with Gasteiger partial charge in [-0.05, 0) is 36.8 Å². The smallest absolute Gasteiger partial charge is 0.231 e. The summed E-state index contributed by atoms with van der Waals surface area (Å²) in [5.41, 5.74) is 0.311. The number of amides is 1. The molecule has 0 bridgehead atoms. The van der Waals surface area contributed by atoms with E-state index in [1.807, 2.05) is 13.0 Å². The van der Waals surface area contributed by atoms with Crippen molar-refractivity contribution < 1.29 is 24.1 Å². The molecule has 8 heteroatoms. The molecule has 2 atom stereocenters. The van der Waals surface area contributed by atoms with E-state index in [1.165, 1.54) is 16.7 Å². The van der Waals surface area contributed by atoms with Crippen LogP contribution in [0.15, 0.2) is 53.1 Å². The molecule has 1 N–H and O–H groups in total. The maximum absolute atomic E-state index is 13.3. The number of nitrogens with zero attached hydrogens (tertiary/aromatic N) is 2. The predicted molar refractivity (Wildman–Crippen MR) is 120 cm³/mol. The number of carbonyl (C=O) groups excluding carboxylic acids is 1. The van der Waals surface area contributed by atoms with Gasteiger partial charge in [0.05, 0.1) is 43.3 Å². The molecule has 2 aromatic carbocycles. The van der Waals surface area contributed by atoms with Gasteiger partial charge in [-0.3, -0.25) is 9.69 Å². The van der Waals surface area contributed by atoms with Crippen molar-refractivity contribution in [2.24, 2.45) is 0 Å². The number of hydrogen-bond acceptors (Lipinski definition) is 7. The number of aliphatic hydroxyl groups is 1. The monoisotopic (exact) mass is 452 g/mol. The Morgan fingerprint density at radius 2 is 1.91 bits per heavy atom. The zero-order chi connectivity index (χ0) is 22.9. The van der Waals surface area contributed by atoms with Crippen molar-refractivity contribution in [1.82, 2.24) is 4.90 Å². The lowest BCUT2D eigenvalue weighted by Crippen LogP contribution is -2.48. The molecule has 1 fully saturated rings. The van der Waals surface area contributed by atoms with Crippen LogP contribution in [0.3, 0.4) is 0 Å². The van der Waals surface area contributed by atoms with Crippen molar-refractivity contribution in [3.05, 3.63) is 64.2 Å². The van der Waals surface area contributed by atoms with Crippen LogP contribution in [-0.4, -0.2) is 42.5 Å². The molecule has 1 amide bonds. The molecule has 1 saturated heterocycles. The number of benzene rings is 2. The van der Waals surface area contributed by atoms with Gasteiger partial charge in [-0.25, -0.2) is 0 Å². The van der Waals surface area contributed by atoms with Crippen molar-refractivity contribution in [3.63, 3.8) is 0 Å². The Balaban J connectivity index is 1.73. The van der Waals surface area contributed by atoms with E-state index in [9.17, 15) is 15.2 Å². The third-order valence-electron chi connectivity index (χ3n) is 5.75. The molecule has 0 aliphatic carbocycles. The molecule has 7 nitrogen and oxygen atoms in total. The highest BCUT2D eigenvalue weighted by Crippen LogP contribution is 2.52. The van der Waals surface area contributed by atoms with Crippen LogP contribution >= 0.6 is 11.8 Å². The van der Waals surface area contributed by atoms with Gasteiger partial charge < -0.3 is 19.3 Å². The molecule has 0 spiro atoms. The number of rotatable bonds is 6. The molecule has 2 unspecified atom stereocenters. The van der Waals surface area contributed by atoms with Gasteiger partial charge in [0.2, 0.25) is 5.91 Å². The molecule has 2 heterocycles. The molecular weight excluding hydrogens is 428 g/mol. The summed E-state index contributed by atoms with van der Waals surface area (Å²) < 4.78 is 16.2. The molecular formula is C24H24N2O5S. The summed E-state index contributed by atoms with van der Waals surface area (Å²) in [5, 5.41) is 22.0. The first-order valence-electron chi connectivity index (χ1n) is 10.2. The van der Waals surface area contributed by atoms with E-state index >= 15 is 0 Å².